The molecule has 0 amide bonds. The largest absolute Gasteiger partial charge is 0.385 e. The van der Waals surface area contributed by atoms with Gasteiger partial charge in [-0.05, 0) is 36.0 Å². The summed E-state index contributed by atoms with van der Waals surface area (Å²) in [5.41, 5.74) is 3.01. The van der Waals surface area contributed by atoms with Gasteiger partial charge in [-0.2, -0.15) is 0 Å². The average Bonchev–Trinajstić information content (AvgIpc) is 2.24. The highest BCUT2D eigenvalue weighted by atomic mass is 14.9. The normalized spacial score (nSPS) is 11.5. The highest BCUT2D eigenvalue weighted by molar-refractivity contribution is 5.44. The van der Waals surface area contributed by atoms with Gasteiger partial charge in [0.2, 0.25) is 0 Å². The van der Waals surface area contributed by atoms with Gasteiger partial charge in [-0.15, -0.1) is 0 Å². The summed E-state index contributed by atoms with van der Waals surface area (Å²) in [5, 5.41) is 3.47. The molecular formula is C15H25N. The molecule has 0 bridgehead atoms. The molecule has 0 atom stereocenters. The van der Waals surface area contributed by atoms with Crippen molar-refractivity contribution in [1.82, 2.24) is 0 Å². The van der Waals surface area contributed by atoms with Crippen LogP contribution < -0.4 is 5.32 Å². The average molecular weight is 219 g/mol. The van der Waals surface area contributed by atoms with Crippen LogP contribution in [-0.2, 0) is 6.42 Å². The lowest BCUT2D eigenvalue weighted by Crippen LogP contribution is -2.18. The third-order valence-corrected chi connectivity index (χ3v) is 2.60. The molecule has 0 fully saturated rings. The van der Waals surface area contributed by atoms with Gasteiger partial charge in [-0.1, -0.05) is 46.2 Å². The van der Waals surface area contributed by atoms with Gasteiger partial charge in [0.25, 0.3) is 0 Å². The van der Waals surface area contributed by atoms with Gasteiger partial charge in [0.15, 0.2) is 0 Å². The van der Waals surface area contributed by atoms with E-state index in [1.54, 1.807) is 0 Å². The first-order chi connectivity index (χ1) is 7.51. The number of anilines is 1. The smallest absolute Gasteiger partial charge is 0.0340 e. The molecule has 0 aromatic heterocycles. The first kappa shape index (κ1) is 13.1. The van der Waals surface area contributed by atoms with Crippen molar-refractivity contribution < 1.29 is 0 Å². The maximum absolute atomic E-state index is 3.47. The van der Waals surface area contributed by atoms with E-state index in [4.69, 9.17) is 0 Å². The number of benzene rings is 1. The molecule has 1 aromatic rings. The minimum absolute atomic E-state index is 0.334. The second-order valence-electron chi connectivity index (χ2n) is 5.71. The highest BCUT2D eigenvalue weighted by Crippen LogP contribution is 2.16. The number of hydrogen-bond donors (Lipinski definition) is 1. The van der Waals surface area contributed by atoms with Gasteiger partial charge in [0, 0.05) is 12.2 Å². The summed E-state index contributed by atoms with van der Waals surface area (Å²) < 4.78 is 0. The molecule has 1 heteroatoms. The minimum atomic E-state index is 0.334. The Kier molecular flexibility index (Phi) is 4.85. The fourth-order valence-corrected chi connectivity index (χ4v) is 1.54. The number of aryl methyl sites for hydroxylation is 1. The van der Waals surface area contributed by atoms with Crippen LogP contribution >= 0.6 is 0 Å². The van der Waals surface area contributed by atoms with E-state index in [2.05, 4.69) is 57.3 Å². The quantitative estimate of drug-likeness (QED) is 0.769. The maximum Gasteiger partial charge on any atom is 0.0340 e. The van der Waals surface area contributed by atoms with Crippen molar-refractivity contribution in [3.05, 3.63) is 29.8 Å². The Morgan fingerprint density at radius 1 is 1.06 bits per heavy atom. The van der Waals surface area contributed by atoms with E-state index >= 15 is 0 Å². The molecule has 0 aliphatic rings. The van der Waals surface area contributed by atoms with Crippen molar-refractivity contribution in [2.45, 2.75) is 47.0 Å². The van der Waals surface area contributed by atoms with Crippen molar-refractivity contribution >= 4 is 5.69 Å². The van der Waals surface area contributed by atoms with Crippen LogP contribution in [0.2, 0.25) is 0 Å². The molecular weight excluding hydrogens is 194 g/mol. The van der Waals surface area contributed by atoms with Gasteiger partial charge in [-0.25, -0.2) is 0 Å². The molecule has 0 aliphatic heterocycles. The van der Waals surface area contributed by atoms with Crippen molar-refractivity contribution in [3.63, 3.8) is 0 Å². The molecule has 0 radical (unpaired) electrons. The molecule has 0 spiro atoms. The lowest BCUT2D eigenvalue weighted by Gasteiger charge is -2.19. The van der Waals surface area contributed by atoms with Crippen molar-refractivity contribution in [2.24, 2.45) is 5.41 Å². The Morgan fingerprint density at radius 3 is 2.19 bits per heavy atom. The number of unbranched alkanes of at least 4 members (excludes halogenated alkanes) is 1. The van der Waals surface area contributed by atoms with Crippen LogP contribution in [0, 0.1) is 5.41 Å². The van der Waals surface area contributed by atoms with E-state index in [0.29, 0.717) is 5.41 Å². The molecule has 0 heterocycles. The molecule has 0 saturated heterocycles. The Bertz CT molecular complexity index is 292. The van der Waals surface area contributed by atoms with Gasteiger partial charge >= 0.3 is 0 Å². The van der Waals surface area contributed by atoms with E-state index in [-0.39, 0.29) is 0 Å². The zero-order chi connectivity index (χ0) is 12.0. The summed E-state index contributed by atoms with van der Waals surface area (Å²) >= 11 is 0. The predicted molar refractivity (Wildman–Crippen MR) is 73.0 cm³/mol. The molecule has 1 aromatic carbocycles. The molecule has 1 rings (SSSR count). The summed E-state index contributed by atoms with van der Waals surface area (Å²) in [7, 11) is 0. The summed E-state index contributed by atoms with van der Waals surface area (Å²) in [4.78, 5) is 0. The second kappa shape index (κ2) is 5.93. The van der Waals surface area contributed by atoms with E-state index in [9.17, 15) is 0 Å². The zero-order valence-electron chi connectivity index (χ0n) is 11.1. The van der Waals surface area contributed by atoms with Crippen LogP contribution in [0.4, 0.5) is 5.69 Å². The van der Waals surface area contributed by atoms with Crippen molar-refractivity contribution in [1.29, 1.82) is 0 Å². The van der Waals surface area contributed by atoms with Crippen molar-refractivity contribution in [3.8, 4) is 0 Å². The Labute approximate surface area is 100 Å². The first-order valence-corrected chi connectivity index (χ1v) is 6.34. The van der Waals surface area contributed by atoms with E-state index < -0.39 is 0 Å². The summed E-state index contributed by atoms with van der Waals surface area (Å²) in [6, 6.07) is 8.86. The topological polar surface area (TPSA) is 12.0 Å². The molecule has 16 heavy (non-hydrogen) atoms. The third-order valence-electron chi connectivity index (χ3n) is 2.60. The van der Waals surface area contributed by atoms with Crippen LogP contribution in [0.1, 0.15) is 46.1 Å². The second-order valence-corrected chi connectivity index (χ2v) is 5.71. The molecule has 1 N–H and O–H groups in total. The third kappa shape index (κ3) is 5.20. The molecule has 0 saturated carbocycles. The van der Waals surface area contributed by atoms with Crippen LogP contribution in [0.15, 0.2) is 24.3 Å². The standard InChI is InChI=1S/C15H25N/c1-5-6-7-13-8-10-14(11-9-13)16-12-15(2,3)4/h8-11,16H,5-7,12H2,1-4H3. The lowest BCUT2D eigenvalue weighted by molar-refractivity contribution is 0.443. The number of hydrogen-bond acceptors (Lipinski definition) is 1. The van der Waals surface area contributed by atoms with Gasteiger partial charge in [0.1, 0.15) is 0 Å². The monoisotopic (exact) mass is 219 g/mol. The number of rotatable bonds is 5. The summed E-state index contributed by atoms with van der Waals surface area (Å²) in [5.74, 6) is 0. The highest BCUT2D eigenvalue weighted by Gasteiger charge is 2.08. The van der Waals surface area contributed by atoms with Gasteiger partial charge in [-0.3, -0.25) is 0 Å². The van der Waals surface area contributed by atoms with E-state index in [1.165, 1.54) is 30.5 Å². The SMILES string of the molecule is CCCCc1ccc(NCC(C)(C)C)cc1. The molecule has 0 aliphatic carbocycles. The van der Waals surface area contributed by atoms with Crippen LogP contribution in [0.5, 0.6) is 0 Å². The lowest BCUT2D eigenvalue weighted by atomic mass is 9.97. The minimum Gasteiger partial charge on any atom is -0.385 e. The Morgan fingerprint density at radius 2 is 1.69 bits per heavy atom. The van der Waals surface area contributed by atoms with Crippen LogP contribution in [0.3, 0.4) is 0 Å². The first-order valence-electron chi connectivity index (χ1n) is 6.34. The fourth-order valence-electron chi connectivity index (χ4n) is 1.54. The van der Waals surface area contributed by atoms with Crippen molar-refractivity contribution in [2.75, 3.05) is 11.9 Å². The maximum atomic E-state index is 3.47. The summed E-state index contributed by atoms with van der Waals surface area (Å²) in [6.07, 6.45) is 3.76. The van der Waals surface area contributed by atoms with Gasteiger partial charge < -0.3 is 5.32 Å². The van der Waals surface area contributed by atoms with E-state index in [0.717, 1.165) is 6.54 Å². The molecule has 90 valence electrons. The van der Waals surface area contributed by atoms with E-state index in [1.807, 2.05) is 0 Å². The van der Waals surface area contributed by atoms with Crippen LogP contribution in [0.25, 0.3) is 0 Å². The molecule has 0 unspecified atom stereocenters. The number of nitrogens with one attached hydrogen (secondary N) is 1. The molecule has 1 nitrogen and oxygen atoms in total. The van der Waals surface area contributed by atoms with Crippen LogP contribution in [-0.4, -0.2) is 6.54 Å². The van der Waals surface area contributed by atoms with Gasteiger partial charge in [0.05, 0.1) is 0 Å². The fraction of sp³-hybridized carbons (Fsp3) is 0.600. The zero-order valence-corrected chi connectivity index (χ0v) is 11.1. The predicted octanol–water partition coefficient (Wildman–Crippen LogP) is 4.49. The summed E-state index contributed by atoms with van der Waals surface area (Å²) in [6.45, 7) is 9.99. The Hall–Kier alpha value is -0.980. The Balaban J connectivity index is 2.45.